The van der Waals surface area contributed by atoms with E-state index in [9.17, 15) is 4.79 Å². The summed E-state index contributed by atoms with van der Waals surface area (Å²) in [4.78, 5) is 20.5. The van der Waals surface area contributed by atoms with Crippen LogP contribution in [0.4, 0.5) is 0 Å². The molecule has 1 aliphatic carbocycles. The maximum Gasteiger partial charge on any atom is 0.241 e. The third-order valence-electron chi connectivity index (χ3n) is 4.99. The van der Waals surface area contributed by atoms with Gasteiger partial charge in [-0.2, -0.15) is 5.10 Å². The molecule has 0 saturated heterocycles. The summed E-state index contributed by atoms with van der Waals surface area (Å²) in [5.41, 5.74) is 2.81. The Morgan fingerprint density at radius 3 is 2.60 bits per heavy atom. The zero-order valence-electron chi connectivity index (χ0n) is 14.6. The number of likely N-dealkylation sites (N-methyl/N-ethyl adjacent to an activating group) is 1. The molecule has 2 aromatic heterocycles. The van der Waals surface area contributed by atoms with Gasteiger partial charge in [0.2, 0.25) is 10.9 Å². The topological polar surface area (TPSA) is 62.5 Å². The van der Waals surface area contributed by atoms with Crippen LogP contribution in [0.5, 0.6) is 0 Å². The van der Waals surface area contributed by atoms with Crippen LogP contribution in [-0.4, -0.2) is 45.0 Å². The Morgan fingerprint density at radius 2 is 2.00 bits per heavy atom. The Kier molecular flexibility index (Phi) is 3.85. The van der Waals surface area contributed by atoms with Crippen molar-refractivity contribution in [3.63, 3.8) is 0 Å². The van der Waals surface area contributed by atoms with Gasteiger partial charge in [-0.05, 0) is 32.1 Å². The summed E-state index contributed by atoms with van der Waals surface area (Å²) in [6, 6.07) is 8.31. The maximum absolute atomic E-state index is 13.1. The van der Waals surface area contributed by atoms with Crippen molar-refractivity contribution in [3.05, 3.63) is 52.3 Å². The van der Waals surface area contributed by atoms with Gasteiger partial charge in [0.05, 0.1) is 18.4 Å². The van der Waals surface area contributed by atoms with Crippen molar-refractivity contribution in [2.75, 3.05) is 14.1 Å². The summed E-state index contributed by atoms with van der Waals surface area (Å²) < 4.78 is 1.77. The normalized spacial score (nSPS) is 15.7. The molecule has 1 N–H and O–H groups in total. The fraction of sp³-hybridized carbons (Fsp3) is 0.389. The number of imidazole rings is 1. The SMILES string of the molecule is Cc1nn2cc(CNC(=O)C3(N(C)C)Cc4ccccc4C3)nc2s1. The number of aromatic nitrogens is 3. The van der Waals surface area contributed by atoms with Crippen molar-refractivity contribution in [1.82, 2.24) is 24.8 Å². The van der Waals surface area contributed by atoms with Gasteiger partial charge in [0, 0.05) is 12.8 Å². The van der Waals surface area contributed by atoms with Gasteiger partial charge in [-0.25, -0.2) is 9.50 Å². The van der Waals surface area contributed by atoms with E-state index < -0.39 is 5.54 Å². The second-order valence-corrected chi connectivity index (χ2v) is 7.97. The van der Waals surface area contributed by atoms with Gasteiger partial charge in [0.15, 0.2) is 0 Å². The molecular formula is C18H21N5OS. The van der Waals surface area contributed by atoms with E-state index in [-0.39, 0.29) is 5.91 Å². The molecule has 0 bridgehead atoms. The number of hydrogen-bond donors (Lipinski definition) is 1. The molecule has 2 heterocycles. The van der Waals surface area contributed by atoms with Crippen LogP contribution in [-0.2, 0) is 24.2 Å². The van der Waals surface area contributed by atoms with Gasteiger partial charge < -0.3 is 5.32 Å². The van der Waals surface area contributed by atoms with Crippen LogP contribution in [0.3, 0.4) is 0 Å². The summed E-state index contributed by atoms with van der Waals surface area (Å²) in [5.74, 6) is 0.0502. The van der Waals surface area contributed by atoms with Crippen molar-refractivity contribution in [1.29, 1.82) is 0 Å². The average molecular weight is 355 g/mol. The number of nitrogens with one attached hydrogen (secondary N) is 1. The number of hydrogen-bond acceptors (Lipinski definition) is 5. The monoisotopic (exact) mass is 355 g/mol. The molecule has 4 rings (SSSR count). The van der Waals surface area contributed by atoms with Gasteiger partial charge >= 0.3 is 0 Å². The van der Waals surface area contributed by atoms with E-state index in [1.807, 2.05) is 44.2 Å². The summed E-state index contributed by atoms with van der Waals surface area (Å²) in [6.07, 6.45) is 3.35. The largest absolute Gasteiger partial charge is 0.349 e. The fourth-order valence-corrected chi connectivity index (χ4v) is 4.28. The molecule has 0 atom stereocenters. The number of nitrogens with zero attached hydrogens (tertiary/aromatic N) is 4. The molecule has 0 saturated carbocycles. The number of aryl methyl sites for hydroxylation is 1. The highest BCUT2D eigenvalue weighted by Crippen LogP contribution is 2.33. The van der Waals surface area contributed by atoms with Crippen molar-refractivity contribution in [2.24, 2.45) is 0 Å². The van der Waals surface area contributed by atoms with E-state index in [4.69, 9.17) is 0 Å². The highest BCUT2D eigenvalue weighted by atomic mass is 32.1. The summed E-state index contributed by atoms with van der Waals surface area (Å²) in [6.45, 7) is 2.37. The van der Waals surface area contributed by atoms with Crippen LogP contribution in [0, 0.1) is 6.92 Å². The molecule has 0 radical (unpaired) electrons. The Hall–Kier alpha value is -2.25. The molecule has 3 aromatic rings. The van der Waals surface area contributed by atoms with Crippen molar-refractivity contribution < 1.29 is 4.79 Å². The molecule has 0 aliphatic heterocycles. The quantitative estimate of drug-likeness (QED) is 0.775. The minimum absolute atomic E-state index is 0.0502. The van der Waals surface area contributed by atoms with E-state index in [0.29, 0.717) is 6.54 Å². The van der Waals surface area contributed by atoms with Crippen LogP contribution in [0.25, 0.3) is 4.96 Å². The molecule has 7 heteroatoms. The van der Waals surface area contributed by atoms with Gasteiger partial charge in [0.1, 0.15) is 10.5 Å². The standard InChI is InChI=1S/C18H21N5OS/c1-12-21-23-11-15(20-17(23)25-12)10-19-16(24)18(22(2)3)8-13-6-4-5-7-14(13)9-18/h4-7,11H,8-10H2,1-3H3,(H,19,24). The van der Waals surface area contributed by atoms with Crippen LogP contribution >= 0.6 is 11.3 Å². The second kappa shape index (κ2) is 5.93. The molecule has 130 valence electrons. The number of carbonyl (C=O) groups is 1. The Labute approximate surface area is 150 Å². The van der Waals surface area contributed by atoms with E-state index in [1.54, 1.807) is 15.9 Å². The van der Waals surface area contributed by atoms with Gasteiger partial charge in [-0.3, -0.25) is 9.69 Å². The first-order valence-electron chi connectivity index (χ1n) is 8.32. The molecule has 0 fully saturated rings. The predicted molar refractivity (Wildman–Crippen MR) is 97.7 cm³/mol. The Balaban J connectivity index is 1.51. The minimum Gasteiger partial charge on any atom is -0.349 e. The minimum atomic E-state index is -0.532. The Morgan fingerprint density at radius 1 is 1.32 bits per heavy atom. The molecule has 1 aromatic carbocycles. The zero-order chi connectivity index (χ0) is 17.6. The van der Waals surface area contributed by atoms with Crippen molar-refractivity contribution in [2.45, 2.75) is 31.8 Å². The summed E-state index contributed by atoms with van der Waals surface area (Å²) in [5, 5.41) is 8.42. The predicted octanol–water partition coefficient (Wildman–Crippen LogP) is 1.81. The third kappa shape index (κ3) is 2.73. The second-order valence-electron chi connectivity index (χ2n) is 6.81. The van der Waals surface area contributed by atoms with E-state index in [1.165, 1.54) is 11.1 Å². The molecule has 0 unspecified atom stereocenters. The van der Waals surface area contributed by atoms with E-state index in [0.717, 1.165) is 28.5 Å². The first-order chi connectivity index (χ1) is 12.0. The average Bonchev–Trinajstić information content (AvgIpc) is 3.22. The lowest BCUT2D eigenvalue weighted by molar-refractivity contribution is -0.131. The molecule has 1 amide bonds. The molecular weight excluding hydrogens is 334 g/mol. The lowest BCUT2D eigenvalue weighted by Crippen LogP contribution is -2.56. The van der Waals surface area contributed by atoms with E-state index >= 15 is 0 Å². The zero-order valence-corrected chi connectivity index (χ0v) is 15.4. The van der Waals surface area contributed by atoms with Crippen LogP contribution in [0.1, 0.15) is 21.8 Å². The number of carbonyl (C=O) groups excluding carboxylic acids is 1. The van der Waals surface area contributed by atoms with Gasteiger partial charge in [-0.15, -0.1) is 0 Å². The highest BCUT2D eigenvalue weighted by molar-refractivity contribution is 7.16. The van der Waals surface area contributed by atoms with Gasteiger partial charge in [-0.1, -0.05) is 35.6 Å². The lowest BCUT2D eigenvalue weighted by Gasteiger charge is -2.34. The first-order valence-corrected chi connectivity index (χ1v) is 9.14. The lowest BCUT2D eigenvalue weighted by atomic mass is 9.93. The summed E-state index contributed by atoms with van der Waals surface area (Å²) in [7, 11) is 3.95. The van der Waals surface area contributed by atoms with Crippen LogP contribution < -0.4 is 5.32 Å². The number of fused-ring (bicyclic) bond motifs is 2. The molecule has 6 nitrogen and oxygen atoms in total. The number of benzene rings is 1. The third-order valence-corrected chi connectivity index (χ3v) is 5.83. The highest BCUT2D eigenvalue weighted by Gasteiger charge is 2.45. The number of rotatable bonds is 4. The molecule has 1 aliphatic rings. The molecule has 25 heavy (non-hydrogen) atoms. The van der Waals surface area contributed by atoms with Crippen LogP contribution in [0.15, 0.2) is 30.5 Å². The summed E-state index contributed by atoms with van der Waals surface area (Å²) >= 11 is 1.55. The van der Waals surface area contributed by atoms with Crippen LogP contribution in [0.2, 0.25) is 0 Å². The molecule has 0 spiro atoms. The maximum atomic E-state index is 13.1. The smallest absolute Gasteiger partial charge is 0.241 e. The van der Waals surface area contributed by atoms with Gasteiger partial charge in [0.25, 0.3) is 0 Å². The Bertz CT molecular complexity index is 885. The first kappa shape index (κ1) is 16.2. The van der Waals surface area contributed by atoms with Crippen molar-refractivity contribution in [3.8, 4) is 0 Å². The fourth-order valence-electron chi connectivity index (χ4n) is 3.54. The number of amides is 1. The van der Waals surface area contributed by atoms with Crippen molar-refractivity contribution >= 4 is 22.2 Å². The van der Waals surface area contributed by atoms with E-state index in [2.05, 4.69) is 27.5 Å².